The fraction of sp³-hybridized carbons (Fsp3) is 0.316. The summed E-state index contributed by atoms with van der Waals surface area (Å²) in [5.41, 5.74) is 2.91. The predicted molar refractivity (Wildman–Crippen MR) is 97.2 cm³/mol. The number of fused-ring (bicyclic) bond motifs is 1. The van der Waals surface area contributed by atoms with E-state index in [1.165, 1.54) is 5.56 Å². The zero-order chi connectivity index (χ0) is 17.9. The maximum absolute atomic E-state index is 12.3. The molecule has 1 aliphatic heterocycles. The molecule has 7 nitrogen and oxygen atoms in total. The Morgan fingerprint density at radius 2 is 2.15 bits per heavy atom. The molecule has 0 fully saturated rings. The largest absolute Gasteiger partial charge is 0.347 e. The van der Waals surface area contributed by atoms with Gasteiger partial charge in [0.2, 0.25) is 0 Å². The SMILES string of the molecule is Cn1cccc1C(=O)NCc1cnc2n1CCN(Cc1cccnc1)C2. The quantitative estimate of drug-likeness (QED) is 0.758. The van der Waals surface area contributed by atoms with Gasteiger partial charge >= 0.3 is 0 Å². The normalized spacial score (nSPS) is 14.2. The summed E-state index contributed by atoms with van der Waals surface area (Å²) in [6.07, 6.45) is 7.44. The number of rotatable bonds is 5. The van der Waals surface area contributed by atoms with E-state index in [-0.39, 0.29) is 5.91 Å². The lowest BCUT2D eigenvalue weighted by Crippen LogP contribution is -2.35. The first-order chi connectivity index (χ1) is 12.7. The number of amides is 1. The average molecular weight is 350 g/mol. The minimum atomic E-state index is -0.0675. The maximum atomic E-state index is 12.3. The maximum Gasteiger partial charge on any atom is 0.268 e. The number of hydrogen-bond acceptors (Lipinski definition) is 4. The first kappa shape index (κ1) is 16.5. The van der Waals surface area contributed by atoms with Gasteiger partial charge < -0.3 is 14.5 Å². The summed E-state index contributed by atoms with van der Waals surface area (Å²) in [4.78, 5) is 23.4. The third-order valence-electron chi connectivity index (χ3n) is 4.76. The molecule has 3 aromatic rings. The molecular weight excluding hydrogens is 328 g/mol. The van der Waals surface area contributed by atoms with Crippen LogP contribution in [-0.4, -0.2) is 36.5 Å². The minimum Gasteiger partial charge on any atom is -0.347 e. The van der Waals surface area contributed by atoms with E-state index >= 15 is 0 Å². The van der Waals surface area contributed by atoms with Crippen LogP contribution >= 0.6 is 0 Å². The summed E-state index contributed by atoms with van der Waals surface area (Å²) in [5, 5.41) is 2.99. The fourth-order valence-electron chi connectivity index (χ4n) is 3.36. The molecule has 0 saturated heterocycles. The molecule has 3 aromatic heterocycles. The van der Waals surface area contributed by atoms with Gasteiger partial charge in [0.05, 0.1) is 25.0 Å². The van der Waals surface area contributed by atoms with E-state index in [9.17, 15) is 4.79 Å². The standard InChI is InChI=1S/C19H22N6O/c1-23-7-3-5-17(23)19(26)22-12-16-11-21-18-14-24(8-9-25(16)18)13-15-4-2-6-20-10-15/h2-7,10-11H,8-9,12-14H2,1H3,(H,22,26). The molecule has 1 aliphatic rings. The second kappa shape index (κ2) is 7.13. The zero-order valence-electron chi connectivity index (χ0n) is 14.8. The van der Waals surface area contributed by atoms with Gasteiger partial charge in [-0.05, 0) is 23.8 Å². The van der Waals surface area contributed by atoms with Crippen LogP contribution in [-0.2, 0) is 33.2 Å². The van der Waals surface area contributed by atoms with Crippen molar-refractivity contribution in [1.29, 1.82) is 0 Å². The lowest BCUT2D eigenvalue weighted by atomic mass is 10.2. The predicted octanol–water partition coefficient (Wildman–Crippen LogP) is 1.56. The highest BCUT2D eigenvalue weighted by Crippen LogP contribution is 2.16. The summed E-state index contributed by atoms with van der Waals surface area (Å²) in [6, 6.07) is 7.75. The van der Waals surface area contributed by atoms with Gasteiger partial charge in [-0.1, -0.05) is 6.07 Å². The number of imidazole rings is 1. The van der Waals surface area contributed by atoms with Crippen molar-refractivity contribution in [2.24, 2.45) is 7.05 Å². The number of aromatic nitrogens is 4. The molecule has 0 bridgehead atoms. The van der Waals surface area contributed by atoms with E-state index in [0.717, 1.165) is 37.7 Å². The minimum absolute atomic E-state index is 0.0675. The molecule has 1 N–H and O–H groups in total. The third-order valence-corrected chi connectivity index (χ3v) is 4.76. The Kier molecular flexibility index (Phi) is 4.53. The van der Waals surface area contributed by atoms with Crippen LogP contribution in [0.2, 0.25) is 0 Å². The van der Waals surface area contributed by atoms with Crippen LogP contribution in [0.1, 0.15) is 27.6 Å². The van der Waals surface area contributed by atoms with Crippen molar-refractivity contribution in [1.82, 2.24) is 29.3 Å². The second-order valence-corrected chi connectivity index (χ2v) is 6.58. The topological polar surface area (TPSA) is 68.0 Å². The average Bonchev–Trinajstić information content (AvgIpc) is 3.26. The van der Waals surface area contributed by atoms with Crippen molar-refractivity contribution >= 4 is 5.91 Å². The molecule has 134 valence electrons. The van der Waals surface area contributed by atoms with Crippen molar-refractivity contribution in [2.45, 2.75) is 26.2 Å². The summed E-state index contributed by atoms with van der Waals surface area (Å²) in [7, 11) is 1.87. The second-order valence-electron chi connectivity index (χ2n) is 6.58. The van der Waals surface area contributed by atoms with Gasteiger partial charge in [0.15, 0.2) is 0 Å². The number of pyridine rings is 1. The molecule has 7 heteroatoms. The van der Waals surface area contributed by atoms with Crippen molar-refractivity contribution in [3.05, 3.63) is 71.8 Å². The highest BCUT2D eigenvalue weighted by Gasteiger charge is 2.20. The highest BCUT2D eigenvalue weighted by molar-refractivity contribution is 5.92. The molecule has 26 heavy (non-hydrogen) atoms. The van der Waals surface area contributed by atoms with Crippen molar-refractivity contribution in [2.75, 3.05) is 6.54 Å². The molecule has 0 spiro atoms. The first-order valence-corrected chi connectivity index (χ1v) is 8.75. The number of hydrogen-bond donors (Lipinski definition) is 1. The Hall–Kier alpha value is -2.93. The monoisotopic (exact) mass is 350 g/mol. The lowest BCUT2D eigenvalue weighted by molar-refractivity contribution is 0.0941. The fourth-order valence-corrected chi connectivity index (χ4v) is 3.36. The Bertz CT molecular complexity index is 898. The highest BCUT2D eigenvalue weighted by atomic mass is 16.1. The van der Waals surface area contributed by atoms with Crippen LogP contribution < -0.4 is 5.32 Å². The van der Waals surface area contributed by atoms with Crippen molar-refractivity contribution < 1.29 is 4.79 Å². The smallest absolute Gasteiger partial charge is 0.268 e. The van der Waals surface area contributed by atoms with E-state index in [0.29, 0.717) is 12.2 Å². The molecule has 0 aliphatic carbocycles. The van der Waals surface area contributed by atoms with Crippen LogP contribution in [0.4, 0.5) is 0 Å². The molecule has 0 atom stereocenters. The third kappa shape index (κ3) is 3.39. The summed E-state index contributed by atoms with van der Waals surface area (Å²) in [5.74, 6) is 0.977. The molecule has 0 aromatic carbocycles. The number of nitrogens with zero attached hydrogens (tertiary/aromatic N) is 5. The Morgan fingerprint density at radius 1 is 1.23 bits per heavy atom. The lowest BCUT2D eigenvalue weighted by Gasteiger charge is -2.28. The molecular formula is C19H22N6O. The zero-order valence-corrected chi connectivity index (χ0v) is 14.8. The number of carbonyl (C=O) groups is 1. The Morgan fingerprint density at radius 3 is 2.92 bits per heavy atom. The van der Waals surface area contributed by atoms with Gasteiger partial charge in [-0.15, -0.1) is 0 Å². The van der Waals surface area contributed by atoms with E-state index in [1.807, 2.05) is 48.4 Å². The molecule has 4 heterocycles. The first-order valence-electron chi connectivity index (χ1n) is 8.75. The van der Waals surface area contributed by atoms with Gasteiger partial charge in [0.25, 0.3) is 5.91 Å². The number of nitrogens with one attached hydrogen (secondary N) is 1. The molecule has 4 rings (SSSR count). The van der Waals surface area contributed by atoms with E-state index in [4.69, 9.17) is 0 Å². The van der Waals surface area contributed by atoms with Crippen LogP contribution in [0.25, 0.3) is 0 Å². The number of carbonyl (C=O) groups excluding carboxylic acids is 1. The summed E-state index contributed by atoms with van der Waals surface area (Å²) < 4.78 is 4.03. The molecule has 0 saturated carbocycles. The van der Waals surface area contributed by atoms with E-state index in [2.05, 4.69) is 30.8 Å². The summed E-state index contributed by atoms with van der Waals surface area (Å²) in [6.45, 7) is 4.00. The van der Waals surface area contributed by atoms with Gasteiger partial charge in [0, 0.05) is 45.3 Å². The Balaban J connectivity index is 1.38. The van der Waals surface area contributed by atoms with Gasteiger partial charge in [-0.25, -0.2) is 4.98 Å². The van der Waals surface area contributed by atoms with Crippen molar-refractivity contribution in [3.63, 3.8) is 0 Å². The molecule has 1 amide bonds. The number of aryl methyl sites for hydroxylation is 1. The van der Waals surface area contributed by atoms with Crippen molar-refractivity contribution in [3.8, 4) is 0 Å². The van der Waals surface area contributed by atoms with E-state index in [1.54, 1.807) is 6.20 Å². The van der Waals surface area contributed by atoms with Crippen LogP contribution in [0, 0.1) is 0 Å². The van der Waals surface area contributed by atoms with E-state index < -0.39 is 0 Å². The van der Waals surface area contributed by atoms with Crippen LogP contribution in [0.5, 0.6) is 0 Å². The van der Waals surface area contributed by atoms with Crippen LogP contribution in [0.15, 0.2) is 49.1 Å². The molecule has 0 radical (unpaired) electrons. The van der Waals surface area contributed by atoms with Gasteiger partial charge in [0.1, 0.15) is 11.5 Å². The van der Waals surface area contributed by atoms with Gasteiger partial charge in [-0.3, -0.25) is 14.7 Å². The van der Waals surface area contributed by atoms with Gasteiger partial charge in [-0.2, -0.15) is 0 Å². The molecule has 0 unspecified atom stereocenters. The summed E-state index contributed by atoms with van der Waals surface area (Å²) >= 11 is 0. The Labute approximate surface area is 152 Å². The van der Waals surface area contributed by atoms with Crippen LogP contribution in [0.3, 0.4) is 0 Å².